The number of fused-ring (bicyclic) bond motifs is 1. The molecule has 26 heavy (non-hydrogen) atoms. The van der Waals surface area contributed by atoms with Crippen molar-refractivity contribution in [1.82, 2.24) is 19.8 Å². The lowest BCUT2D eigenvalue weighted by Crippen LogP contribution is -2.31. The second-order valence-corrected chi connectivity index (χ2v) is 8.40. The van der Waals surface area contributed by atoms with Gasteiger partial charge in [0.25, 0.3) is 0 Å². The van der Waals surface area contributed by atoms with Crippen LogP contribution < -0.4 is 5.32 Å². The highest BCUT2D eigenvalue weighted by molar-refractivity contribution is 7.18. The fraction of sp³-hybridized carbons (Fsp3) is 0.400. The van der Waals surface area contributed by atoms with Gasteiger partial charge < -0.3 is 10.2 Å². The Labute approximate surface area is 158 Å². The average Bonchev–Trinajstić information content (AvgIpc) is 3.24. The van der Waals surface area contributed by atoms with Gasteiger partial charge in [0.15, 0.2) is 0 Å². The third kappa shape index (κ3) is 3.72. The van der Waals surface area contributed by atoms with E-state index in [1.54, 1.807) is 17.7 Å². The van der Waals surface area contributed by atoms with E-state index in [1.807, 2.05) is 0 Å². The second kappa shape index (κ2) is 7.31. The van der Waals surface area contributed by atoms with Crippen LogP contribution in [0.1, 0.15) is 16.9 Å². The first kappa shape index (κ1) is 17.4. The normalized spacial score (nSPS) is 18.1. The second-order valence-electron chi connectivity index (χ2n) is 7.29. The molecule has 1 atom stereocenters. The average molecular weight is 368 g/mol. The van der Waals surface area contributed by atoms with Crippen LogP contribution in [0.4, 0.5) is 11.5 Å². The third-order valence-corrected chi connectivity index (χ3v) is 6.08. The number of likely N-dealkylation sites (tertiary alicyclic amines) is 1. The molecule has 1 aliphatic rings. The van der Waals surface area contributed by atoms with E-state index in [-0.39, 0.29) is 0 Å². The number of thiophene rings is 1. The number of rotatable bonds is 5. The summed E-state index contributed by atoms with van der Waals surface area (Å²) in [5.74, 6) is 0.883. The van der Waals surface area contributed by atoms with Gasteiger partial charge in [0.2, 0.25) is 0 Å². The summed E-state index contributed by atoms with van der Waals surface area (Å²) in [5.41, 5.74) is 2.31. The Bertz CT molecular complexity index is 887. The maximum absolute atomic E-state index is 4.48. The van der Waals surface area contributed by atoms with Crippen molar-refractivity contribution in [2.45, 2.75) is 25.9 Å². The summed E-state index contributed by atoms with van der Waals surface area (Å²) in [6.07, 6.45) is 2.90. The van der Waals surface area contributed by atoms with Crippen molar-refractivity contribution in [3.63, 3.8) is 0 Å². The molecule has 0 bridgehead atoms. The first-order chi connectivity index (χ1) is 12.6. The summed E-state index contributed by atoms with van der Waals surface area (Å²) in [5, 5.41) is 4.55. The smallest absolute Gasteiger partial charge is 0.142 e. The van der Waals surface area contributed by atoms with Gasteiger partial charge in [0.05, 0.1) is 5.39 Å². The molecule has 4 rings (SSSR count). The molecule has 3 heterocycles. The molecule has 6 heteroatoms. The van der Waals surface area contributed by atoms with E-state index < -0.39 is 0 Å². The minimum Gasteiger partial charge on any atom is -0.340 e. The van der Waals surface area contributed by atoms with E-state index in [0.717, 1.165) is 41.4 Å². The summed E-state index contributed by atoms with van der Waals surface area (Å²) in [6, 6.07) is 11.3. The molecule has 1 aromatic carbocycles. The van der Waals surface area contributed by atoms with Crippen molar-refractivity contribution in [2.24, 2.45) is 0 Å². The predicted molar refractivity (Wildman–Crippen MR) is 109 cm³/mol. The van der Waals surface area contributed by atoms with Gasteiger partial charge in [-0.2, -0.15) is 0 Å². The first-order valence-corrected chi connectivity index (χ1v) is 9.86. The van der Waals surface area contributed by atoms with Crippen LogP contribution in [-0.2, 0) is 6.54 Å². The maximum Gasteiger partial charge on any atom is 0.142 e. The van der Waals surface area contributed by atoms with Crippen LogP contribution in [0.15, 0.2) is 36.7 Å². The standard InChI is InChI=1S/C20H25N5S/c1-14-4-6-15(7-5-14)23-19-18-10-17(26-20(18)22-13-21-19)12-25-9-8-16(11-25)24(2)3/h4-7,10,13,16H,8-9,11-12H2,1-3H3,(H,21,22,23). The van der Waals surface area contributed by atoms with Crippen LogP contribution in [-0.4, -0.2) is 53.0 Å². The minimum atomic E-state index is 0.669. The Hall–Kier alpha value is -2.02. The lowest BCUT2D eigenvalue weighted by molar-refractivity contribution is 0.266. The summed E-state index contributed by atoms with van der Waals surface area (Å²) < 4.78 is 0. The van der Waals surface area contributed by atoms with Gasteiger partial charge in [-0.3, -0.25) is 4.90 Å². The van der Waals surface area contributed by atoms with Crippen LogP contribution >= 0.6 is 11.3 Å². The van der Waals surface area contributed by atoms with Gasteiger partial charge in [-0.05, 0) is 45.6 Å². The summed E-state index contributed by atoms with van der Waals surface area (Å²) >= 11 is 1.77. The summed E-state index contributed by atoms with van der Waals surface area (Å²) in [7, 11) is 4.35. The molecule has 0 saturated carbocycles. The third-order valence-electron chi connectivity index (χ3n) is 5.05. The molecule has 0 radical (unpaired) electrons. The number of hydrogen-bond acceptors (Lipinski definition) is 6. The zero-order valence-electron chi connectivity index (χ0n) is 15.6. The number of benzene rings is 1. The van der Waals surface area contributed by atoms with E-state index >= 15 is 0 Å². The topological polar surface area (TPSA) is 44.3 Å². The number of aromatic nitrogens is 2. The molecule has 1 saturated heterocycles. The number of aryl methyl sites for hydroxylation is 1. The molecule has 0 spiro atoms. The van der Waals surface area contributed by atoms with Crippen molar-refractivity contribution >= 4 is 33.1 Å². The highest BCUT2D eigenvalue weighted by Crippen LogP contribution is 2.31. The van der Waals surface area contributed by atoms with Crippen LogP contribution in [0.3, 0.4) is 0 Å². The zero-order chi connectivity index (χ0) is 18.1. The minimum absolute atomic E-state index is 0.669. The van der Waals surface area contributed by atoms with E-state index in [0.29, 0.717) is 6.04 Å². The number of nitrogens with zero attached hydrogens (tertiary/aromatic N) is 4. The van der Waals surface area contributed by atoms with Gasteiger partial charge in [0.1, 0.15) is 17.0 Å². The summed E-state index contributed by atoms with van der Waals surface area (Å²) in [6.45, 7) is 5.39. The van der Waals surface area contributed by atoms with Gasteiger partial charge in [-0.25, -0.2) is 9.97 Å². The van der Waals surface area contributed by atoms with Crippen LogP contribution in [0.5, 0.6) is 0 Å². The van der Waals surface area contributed by atoms with Crippen LogP contribution in [0.25, 0.3) is 10.2 Å². The Balaban J connectivity index is 1.53. The molecule has 1 fully saturated rings. The molecule has 1 unspecified atom stereocenters. The zero-order valence-corrected chi connectivity index (χ0v) is 16.4. The van der Waals surface area contributed by atoms with E-state index in [1.165, 1.54) is 16.9 Å². The molecular weight excluding hydrogens is 342 g/mol. The van der Waals surface area contributed by atoms with Gasteiger partial charge >= 0.3 is 0 Å². The van der Waals surface area contributed by atoms with Gasteiger partial charge in [-0.1, -0.05) is 17.7 Å². The molecule has 1 N–H and O–H groups in total. The largest absolute Gasteiger partial charge is 0.340 e. The monoisotopic (exact) mass is 367 g/mol. The van der Waals surface area contributed by atoms with E-state index in [4.69, 9.17) is 0 Å². The van der Waals surface area contributed by atoms with Gasteiger partial charge in [0, 0.05) is 36.2 Å². The van der Waals surface area contributed by atoms with Crippen LogP contribution in [0.2, 0.25) is 0 Å². The van der Waals surface area contributed by atoms with Crippen molar-refractivity contribution in [3.8, 4) is 0 Å². The lowest BCUT2D eigenvalue weighted by Gasteiger charge is -2.19. The maximum atomic E-state index is 4.48. The number of likely N-dealkylation sites (N-methyl/N-ethyl adjacent to an activating group) is 1. The van der Waals surface area contributed by atoms with Crippen molar-refractivity contribution in [1.29, 1.82) is 0 Å². The highest BCUT2D eigenvalue weighted by atomic mass is 32.1. The fourth-order valence-corrected chi connectivity index (χ4v) is 4.49. The first-order valence-electron chi connectivity index (χ1n) is 9.04. The molecule has 5 nitrogen and oxygen atoms in total. The van der Waals surface area contributed by atoms with Crippen molar-refractivity contribution in [2.75, 3.05) is 32.5 Å². The molecular formula is C20H25N5S. The van der Waals surface area contributed by atoms with E-state index in [2.05, 4.69) is 76.4 Å². The number of hydrogen-bond donors (Lipinski definition) is 1. The van der Waals surface area contributed by atoms with Crippen molar-refractivity contribution < 1.29 is 0 Å². The lowest BCUT2D eigenvalue weighted by atomic mass is 10.2. The Kier molecular flexibility index (Phi) is 4.89. The predicted octanol–water partition coefficient (Wildman–Crippen LogP) is 3.88. The number of anilines is 2. The Morgan fingerprint density at radius 1 is 1.23 bits per heavy atom. The number of nitrogens with one attached hydrogen (secondary N) is 1. The van der Waals surface area contributed by atoms with Gasteiger partial charge in [-0.15, -0.1) is 11.3 Å². The van der Waals surface area contributed by atoms with Crippen LogP contribution in [0, 0.1) is 6.92 Å². The van der Waals surface area contributed by atoms with E-state index in [9.17, 15) is 0 Å². The van der Waals surface area contributed by atoms with Crippen molar-refractivity contribution in [3.05, 3.63) is 47.1 Å². The molecule has 0 amide bonds. The Morgan fingerprint density at radius 3 is 2.77 bits per heavy atom. The highest BCUT2D eigenvalue weighted by Gasteiger charge is 2.24. The molecule has 0 aliphatic carbocycles. The molecule has 3 aromatic rings. The molecule has 136 valence electrons. The fourth-order valence-electron chi connectivity index (χ4n) is 3.45. The summed E-state index contributed by atoms with van der Waals surface area (Å²) in [4.78, 5) is 16.2. The molecule has 1 aliphatic heterocycles. The quantitative estimate of drug-likeness (QED) is 0.741. The Morgan fingerprint density at radius 2 is 2.04 bits per heavy atom. The molecule has 2 aromatic heterocycles. The SMILES string of the molecule is Cc1ccc(Nc2ncnc3sc(CN4CCC(N(C)C)C4)cc23)cc1.